The lowest BCUT2D eigenvalue weighted by Gasteiger charge is -2.08. The number of rotatable bonds is 4. The normalized spacial score (nSPS) is 14.4. The van der Waals surface area contributed by atoms with Gasteiger partial charge >= 0.3 is 17.7 Å². The molecule has 176 valence electrons. The summed E-state index contributed by atoms with van der Waals surface area (Å²) in [6.45, 7) is 0. The van der Waals surface area contributed by atoms with E-state index < -0.39 is 17.7 Å². The van der Waals surface area contributed by atoms with Gasteiger partial charge in [0.1, 0.15) is 5.69 Å². The Morgan fingerprint density at radius 2 is 2.12 bits per heavy atom. The molecule has 0 saturated carbocycles. The first-order valence-electron chi connectivity index (χ1n) is 9.76. The van der Waals surface area contributed by atoms with Gasteiger partial charge in [-0.15, -0.1) is 0 Å². The zero-order chi connectivity index (χ0) is 24.4. The van der Waals surface area contributed by atoms with Crippen LogP contribution in [0, 0.1) is 0 Å². The van der Waals surface area contributed by atoms with E-state index >= 15 is 0 Å². The van der Waals surface area contributed by atoms with Gasteiger partial charge in [0.15, 0.2) is 11.5 Å². The number of aromatic hydroxyl groups is 1. The van der Waals surface area contributed by atoms with Crippen molar-refractivity contribution < 1.29 is 29.1 Å². The molecule has 1 aliphatic rings. The van der Waals surface area contributed by atoms with Crippen molar-refractivity contribution in [3.05, 3.63) is 63.5 Å². The Morgan fingerprint density at radius 3 is 2.76 bits per heavy atom. The molecule has 0 fully saturated rings. The minimum atomic E-state index is -1.31. The summed E-state index contributed by atoms with van der Waals surface area (Å²) in [5, 5.41) is 21.7. The van der Waals surface area contributed by atoms with Gasteiger partial charge in [0.05, 0.1) is 13.3 Å². The first-order chi connectivity index (χ1) is 16.3. The average Bonchev–Trinajstić information content (AvgIpc) is 3.54. The van der Waals surface area contributed by atoms with Crippen LogP contribution < -0.4 is 10.6 Å². The van der Waals surface area contributed by atoms with Gasteiger partial charge in [0.2, 0.25) is 11.7 Å². The molecule has 0 unspecified atom stereocenters. The minimum Gasteiger partial charge on any atom is -0.492 e. The average molecular weight is 489 g/mol. The zero-order valence-electron chi connectivity index (χ0n) is 17.5. The number of ether oxygens (including phenoxy) is 1. The predicted molar refractivity (Wildman–Crippen MR) is 116 cm³/mol. The second kappa shape index (κ2) is 9.33. The largest absolute Gasteiger partial charge is 0.492 e. The van der Waals surface area contributed by atoms with E-state index in [1.807, 2.05) is 18.2 Å². The fourth-order valence-corrected chi connectivity index (χ4v) is 3.78. The molecule has 4 N–H and O–H groups in total. The fraction of sp³-hybridized carbons (Fsp3) is 0.200. The SMILES string of the molecule is COC(=O)c1cc(C(=O)O)nc2nc(O)cn12.O=c1[nH]c(-c2ccc3c(c2)CC[C@@H]3NCl)no1. The van der Waals surface area contributed by atoms with Crippen molar-refractivity contribution in [1.29, 1.82) is 0 Å². The van der Waals surface area contributed by atoms with E-state index in [2.05, 4.69) is 34.2 Å². The number of aromatic amines is 1. The number of nitrogens with zero attached hydrogens (tertiary/aromatic N) is 4. The summed E-state index contributed by atoms with van der Waals surface area (Å²) >= 11 is 5.67. The number of aromatic nitrogens is 5. The van der Waals surface area contributed by atoms with Crippen LogP contribution in [-0.2, 0) is 11.2 Å². The molecule has 34 heavy (non-hydrogen) atoms. The molecule has 1 aromatic carbocycles. The number of H-pyrrole nitrogens is 1. The Labute approximate surface area is 195 Å². The van der Waals surface area contributed by atoms with Crippen molar-refractivity contribution >= 4 is 29.5 Å². The molecular formula is C20H17ClN6O7. The van der Waals surface area contributed by atoms with Gasteiger partial charge in [0, 0.05) is 17.7 Å². The van der Waals surface area contributed by atoms with Crippen LogP contribution in [0.4, 0.5) is 0 Å². The van der Waals surface area contributed by atoms with E-state index in [1.165, 1.54) is 11.1 Å². The number of carbonyl (C=O) groups is 2. The molecule has 0 bridgehead atoms. The Balaban J connectivity index is 0.000000161. The molecule has 4 aromatic rings. The van der Waals surface area contributed by atoms with Crippen molar-refractivity contribution in [2.24, 2.45) is 0 Å². The van der Waals surface area contributed by atoms with E-state index in [9.17, 15) is 19.5 Å². The molecular weight excluding hydrogens is 472 g/mol. The van der Waals surface area contributed by atoms with Crippen molar-refractivity contribution in [3.8, 4) is 17.3 Å². The molecule has 3 aromatic heterocycles. The van der Waals surface area contributed by atoms with Gasteiger partial charge in [0.25, 0.3) is 0 Å². The fourth-order valence-electron chi connectivity index (χ4n) is 3.56. The van der Waals surface area contributed by atoms with E-state index in [0.717, 1.165) is 42.2 Å². The number of benzene rings is 1. The predicted octanol–water partition coefficient (Wildman–Crippen LogP) is 1.68. The number of carbonyl (C=O) groups excluding carboxylic acids is 1. The van der Waals surface area contributed by atoms with E-state index in [-0.39, 0.29) is 29.1 Å². The quantitative estimate of drug-likeness (QED) is 0.242. The number of aryl methyl sites for hydroxylation is 1. The number of methoxy groups -OCH3 is 1. The molecule has 0 spiro atoms. The standard InChI is InChI=1S/C11H10ClN3O2.C9H7N3O5/c12-14-9-4-2-6-5-7(1-3-8(6)9)10-13-11(16)17-15-10;1-17-8(16)5-2-4(7(14)15)10-9-11-6(13)3-12(5)9/h1,3,5,9,14H,2,4H2,(H,13,15,16);2-3,13H,1H3,(H,14,15)/t9-;/m0./s1. The summed E-state index contributed by atoms with van der Waals surface area (Å²) in [4.78, 5) is 45.6. The summed E-state index contributed by atoms with van der Waals surface area (Å²) < 4.78 is 10.1. The van der Waals surface area contributed by atoms with E-state index in [0.29, 0.717) is 5.82 Å². The van der Waals surface area contributed by atoms with Crippen molar-refractivity contribution in [3.63, 3.8) is 0 Å². The molecule has 0 aliphatic heterocycles. The monoisotopic (exact) mass is 488 g/mol. The Hall–Kier alpha value is -4.23. The Bertz CT molecular complexity index is 1440. The number of hydrogen-bond acceptors (Lipinski definition) is 10. The summed E-state index contributed by atoms with van der Waals surface area (Å²) in [6, 6.07) is 7.17. The maximum Gasteiger partial charge on any atom is 0.439 e. The second-order valence-corrected chi connectivity index (χ2v) is 7.37. The highest BCUT2D eigenvalue weighted by atomic mass is 35.5. The van der Waals surface area contributed by atoms with Gasteiger partial charge in [-0.3, -0.25) is 13.9 Å². The molecule has 0 radical (unpaired) electrons. The molecule has 5 rings (SSSR count). The number of aromatic carboxylic acids is 1. The molecule has 1 atom stereocenters. The topological polar surface area (TPSA) is 185 Å². The zero-order valence-corrected chi connectivity index (χ0v) is 18.2. The maximum absolute atomic E-state index is 11.4. The van der Waals surface area contributed by atoms with Crippen LogP contribution >= 0.6 is 11.8 Å². The van der Waals surface area contributed by atoms with Crippen molar-refractivity contribution in [2.75, 3.05) is 7.11 Å². The number of hydrogen-bond donors (Lipinski definition) is 4. The number of carboxylic acid groups (broad SMARTS) is 1. The summed E-state index contributed by atoms with van der Waals surface area (Å²) in [5.41, 5.74) is 2.84. The van der Waals surface area contributed by atoms with E-state index in [1.54, 1.807) is 0 Å². The van der Waals surface area contributed by atoms with Crippen LogP contribution in [0.15, 0.2) is 39.8 Å². The van der Waals surface area contributed by atoms with Gasteiger partial charge < -0.3 is 14.9 Å². The number of fused-ring (bicyclic) bond motifs is 2. The number of halogens is 1. The molecule has 1 aliphatic carbocycles. The van der Waals surface area contributed by atoms with Crippen molar-refractivity contribution in [2.45, 2.75) is 18.9 Å². The minimum absolute atomic E-state index is 0.0808. The Morgan fingerprint density at radius 1 is 1.32 bits per heavy atom. The highest BCUT2D eigenvalue weighted by Gasteiger charge is 2.22. The molecule has 14 heteroatoms. The lowest BCUT2D eigenvalue weighted by atomic mass is 10.0. The first kappa shape index (κ1) is 22.9. The number of nitrogens with one attached hydrogen (secondary N) is 2. The third kappa shape index (κ3) is 4.46. The summed E-state index contributed by atoms with van der Waals surface area (Å²) in [6.07, 6.45) is 3.09. The third-order valence-corrected chi connectivity index (χ3v) is 5.37. The summed E-state index contributed by atoms with van der Waals surface area (Å²) in [5.74, 6) is -2.61. The highest BCUT2D eigenvalue weighted by molar-refractivity contribution is 6.13. The first-order valence-corrected chi connectivity index (χ1v) is 10.1. The maximum atomic E-state index is 11.4. The number of carboxylic acids is 1. The Kier molecular flexibility index (Phi) is 6.30. The summed E-state index contributed by atoms with van der Waals surface area (Å²) in [7, 11) is 1.16. The lowest BCUT2D eigenvalue weighted by molar-refractivity contribution is 0.0592. The molecule has 0 saturated heterocycles. The van der Waals surface area contributed by atoms with Crippen LogP contribution in [0.5, 0.6) is 5.88 Å². The van der Waals surface area contributed by atoms with Gasteiger partial charge in [-0.05, 0) is 41.8 Å². The number of imidazole rings is 1. The van der Waals surface area contributed by atoms with E-state index in [4.69, 9.17) is 16.9 Å². The number of esters is 1. The van der Waals surface area contributed by atoms with Crippen LogP contribution in [0.3, 0.4) is 0 Å². The smallest absolute Gasteiger partial charge is 0.439 e. The van der Waals surface area contributed by atoms with Gasteiger partial charge in [-0.25, -0.2) is 24.2 Å². The van der Waals surface area contributed by atoms with Crippen LogP contribution in [0.25, 0.3) is 17.2 Å². The molecule has 13 nitrogen and oxygen atoms in total. The van der Waals surface area contributed by atoms with Crippen LogP contribution in [-0.4, -0.2) is 53.8 Å². The van der Waals surface area contributed by atoms with Crippen LogP contribution in [0.1, 0.15) is 44.6 Å². The molecule has 0 amide bonds. The van der Waals surface area contributed by atoms with Gasteiger partial charge in [-0.2, -0.15) is 4.98 Å². The van der Waals surface area contributed by atoms with Gasteiger partial charge in [-0.1, -0.05) is 17.3 Å². The van der Waals surface area contributed by atoms with Crippen molar-refractivity contribution in [1.82, 2.24) is 29.3 Å². The van der Waals surface area contributed by atoms with Crippen LogP contribution in [0.2, 0.25) is 0 Å². The molecule has 3 heterocycles. The lowest BCUT2D eigenvalue weighted by Crippen LogP contribution is -2.12. The third-order valence-electron chi connectivity index (χ3n) is 5.11. The highest BCUT2D eigenvalue weighted by Crippen LogP contribution is 2.33. The second-order valence-electron chi connectivity index (χ2n) is 7.15.